The van der Waals surface area contributed by atoms with E-state index in [1.165, 1.54) is 20.2 Å². The van der Waals surface area contributed by atoms with Crippen LogP contribution in [-0.4, -0.2) is 12.1 Å². The van der Waals surface area contributed by atoms with Crippen LogP contribution in [0.1, 0.15) is 23.1 Å². The third-order valence-electron chi connectivity index (χ3n) is 2.05. The second-order valence-electron chi connectivity index (χ2n) is 2.98. The summed E-state index contributed by atoms with van der Waals surface area (Å²) in [6.07, 6.45) is -1.43. The number of hydrogen-bond acceptors (Lipinski definition) is 3. The van der Waals surface area contributed by atoms with Gasteiger partial charge in [-0.15, -0.1) is 0 Å². The van der Waals surface area contributed by atoms with E-state index in [0.29, 0.717) is 5.56 Å². The summed E-state index contributed by atoms with van der Waals surface area (Å²) >= 11 is 0. The number of nitriles is 1. The fourth-order valence-corrected chi connectivity index (χ4v) is 1.39. The molecule has 80 valence electrons. The molecule has 15 heavy (non-hydrogen) atoms. The van der Waals surface area contributed by atoms with Crippen LogP contribution in [0.5, 0.6) is 5.88 Å². The van der Waals surface area contributed by atoms with Crippen molar-refractivity contribution in [2.45, 2.75) is 19.8 Å². The number of ether oxygens (including phenoxy) is 1. The maximum atomic E-state index is 12.7. The van der Waals surface area contributed by atoms with Gasteiger partial charge < -0.3 is 4.74 Å². The summed E-state index contributed by atoms with van der Waals surface area (Å²) in [6, 6.07) is 1.83. The zero-order valence-electron chi connectivity index (χ0n) is 8.42. The Bertz CT molecular complexity index is 399. The summed E-state index contributed by atoms with van der Waals surface area (Å²) in [5, 5.41) is 8.56. The highest BCUT2D eigenvalue weighted by molar-refractivity contribution is 5.41. The van der Waals surface area contributed by atoms with Crippen LogP contribution in [0.3, 0.4) is 0 Å². The first kappa shape index (κ1) is 11.4. The van der Waals surface area contributed by atoms with Crippen LogP contribution in [0.2, 0.25) is 0 Å². The van der Waals surface area contributed by atoms with Crippen LogP contribution in [0, 0.1) is 18.3 Å². The first-order chi connectivity index (χ1) is 7.11. The fraction of sp³-hybridized carbons (Fsp3) is 0.400. The second kappa shape index (κ2) is 4.69. The molecule has 5 heteroatoms. The minimum Gasteiger partial charge on any atom is -0.481 e. The minimum absolute atomic E-state index is 0.0949. The fourth-order valence-electron chi connectivity index (χ4n) is 1.39. The molecular weight excluding hydrogens is 202 g/mol. The topological polar surface area (TPSA) is 45.9 Å². The van der Waals surface area contributed by atoms with Crippen molar-refractivity contribution in [1.29, 1.82) is 5.26 Å². The largest absolute Gasteiger partial charge is 0.481 e. The van der Waals surface area contributed by atoms with E-state index in [4.69, 9.17) is 10.00 Å². The molecule has 0 unspecified atom stereocenters. The monoisotopic (exact) mass is 212 g/mol. The summed E-state index contributed by atoms with van der Waals surface area (Å²) in [4.78, 5) is 3.85. The maximum Gasteiger partial charge on any atom is 0.264 e. The maximum absolute atomic E-state index is 12.7. The molecule has 1 heterocycles. The van der Waals surface area contributed by atoms with Crippen LogP contribution in [0.15, 0.2) is 6.20 Å². The van der Waals surface area contributed by atoms with Crippen molar-refractivity contribution >= 4 is 0 Å². The number of halogens is 2. The molecule has 0 aliphatic heterocycles. The number of hydrogen-bond donors (Lipinski definition) is 0. The molecule has 1 aromatic rings. The highest BCUT2D eigenvalue weighted by Crippen LogP contribution is 2.31. The molecule has 0 aliphatic rings. The van der Waals surface area contributed by atoms with E-state index in [1.807, 2.05) is 6.07 Å². The number of rotatable bonds is 3. The van der Waals surface area contributed by atoms with Crippen LogP contribution in [0.4, 0.5) is 8.78 Å². The second-order valence-corrected chi connectivity index (χ2v) is 2.98. The summed E-state index contributed by atoms with van der Waals surface area (Å²) in [5.74, 6) is 0.0949. The first-order valence-electron chi connectivity index (χ1n) is 4.29. The lowest BCUT2D eigenvalue weighted by molar-refractivity contribution is 0.149. The standard InChI is InChI=1S/C10H10F2N2O/c1-6-5-14-10(15-2)7(3-4-13)8(6)9(11)12/h5,9H,3H2,1-2H3. The molecule has 0 amide bonds. The van der Waals surface area contributed by atoms with Crippen molar-refractivity contribution in [3.8, 4) is 11.9 Å². The third-order valence-corrected chi connectivity index (χ3v) is 2.05. The SMILES string of the molecule is COc1ncc(C)c(C(F)F)c1CC#N. The Hall–Kier alpha value is -1.70. The van der Waals surface area contributed by atoms with Gasteiger partial charge in [-0.1, -0.05) is 0 Å². The van der Waals surface area contributed by atoms with E-state index in [0.717, 1.165) is 0 Å². The van der Waals surface area contributed by atoms with Crippen molar-refractivity contribution in [1.82, 2.24) is 4.98 Å². The molecule has 0 aliphatic carbocycles. The number of nitrogens with zero attached hydrogens (tertiary/aromatic N) is 2. The molecule has 0 bridgehead atoms. The van der Waals surface area contributed by atoms with Crippen LogP contribution in [-0.2, 0) is 6.42 Å². The van der Waals surface area contributed by atoms with E-state index >= 15 is 0 Å². The summed E-state index contributed by atoms with van der Waals surface area (Å²) in [5.41, 5.74) is 0.398. The quantitative estimate of drug-likeness (QED) is 0.772. The van der Waals surface area contributed by atoms with Gasteiger partial charge in [-0.25, -0.2) is 13.8 Å². The predicted octanol–water partition coefficient (Wildman–Crippen LogP) is 2.40. The number of aromatic nitrogens is 1. The van der Waals surface area contributed by atoms with Gasteiger partial charge in [0, 0.05) is 17.3 Å². The van der Waals surface area contributed by atoms with Gasteiger partial charge in [0.1, 0.15) is 0 Å². The van der Waals surface area contributed by atoms with Gasteiger partial charge in [0.2, 0.25) is 5.88 Å². The Morgan fingerprint density at radius 2 is 2.27 bits per heavy atom. The molecule has 0 saturated carbocycles. The molecule has 0 aromatic carbocycles. The van der Waals surface area contributed by atoms with Crippen molar-refractivity contribution in [3.63, 3.8) is 0 Å². The number of aryl methyl sites for hydroxylation is 1. The van der Waals surface area contributed by atoms with Crippen molar-refractivity contribution < 1.29 is 13.5 Å². The van der Waals surface area contributed by atoms with Gasteiger partial charge in [-0.3, -0.25) is 0 Å². The van der Waals surface area contributed by atoms with E-state index in [2.05, 4.69) is 4.98 Å². The number of methoxy groups -OCH3 is 1. The number of pyridine rings is 1. The van der Waals surface area contributed by atoms with E-state index in [-0.39, 0.29) is 23.4 Å². The molecular formula is C10H10F2N2O. The minimum atomic E-state index is -2.62. The number of alkyl halides is 2. The molecule has 0 saturated heterocycles. The Morgan fingerprint density at radius 3 is 2.73 bits per heavy atom. The third kappa shape index (κ3) is 2.21. The lowest BCUT2D eigenvalue weighted by Gasteiger charge is -2.12. The van der Waals surface area contributed by atoms with Gasteiger partial charge in [0.15, 0.2) is 0 Å². The van der Waals surface area contributed by atoms with Crippen LogP contribution < -0.4 is 4.74 Å². The molecule has 3 nitrogen and oxygen atoms in total. The summed E-state index contributed by atoms with van der Waals surface area (Å²) < 4.78 is 30.3. The average Bonchev–Trinajstić information content (AvgIpc) is 2.18. The molecule has 1 rings (SSSR count). The Kier molecular flexibility index (Phi) is 3.56. The molecule has 1 aromatic heterocycles. The van der Waals surface area contributed by atoms with E-state index in [1.54, 1.807) is 0 Å². The normalized spacial score (nSPS) is 10.1. The molecule has 0 N–H and O–H groups in total. The van der Waals surface area contributed by atoms with Gasteiger partial charge >= 0.3 is 0 Å². The van der Waals surface area contributed by atoms with Crippen LogP contribution in [0.25, 0.3) is 0 Å². The highest BCUT2D eigenvalue weighted by Gasteiger charge is 2.20. The predicted molar refractivity (Wildman–Crippen MR) is 49.8 cm³/mol. The first-order valence-corrected chi connectivity index (χ1v) is 4.29. The molecule has 0 spiro atoms. The van der Waals surface area contributed by atoms with E-state index in [9.17, 15) is 8.78 Å². The molecule has 0 radical (unpaired) electrons. The Morgan fingerprint density at radius 1 is 1.60 bits per heavy atom. The lowest BCUT2D eigenvalue weighted by Crippen LogP contribution is -2.03. The van der Waals surface area contributed by atoms with E-state index < -0.39 is 6.43 Å². The van der Waals surface area contributed by atoms with Crippen molar-refractivity contribution in [2.24, 2.45) is 0 Å². The molecule has 0 fully saturated rings. The van der Waals surface area contributed by atoms with Crippen LogP contribution >= 0.6 is 0 Å². The highest BCUT2D eigenvalue weighted by atomic mass is 19.3. The van der Waals surface area contributed by atoms with Gasteiger partial charge in [-0.2, -0.15) is 5.26 Å². The zero-order chi connectivity index (χ0) is 11.4. The zero-order valence-corrected chi connectivity index (χ0v) is 8.42. The van der Waals surface area contributed by atoms with Gasteiger partial charge in [0.25, 0.3) is 6.43 Å². The Balaban J connectivity index is 3.38. The summed E-state index contributed by atoms with van der Waals surface area (Å²) in [6.45, 7) is 1.54. The van der Waals surface area contributed by atoms with Crippen molar-refractivity contribution in [3.05, 3.63) is 22.9 Å². The van der Waals surface area contributed by atoms with Crippen molar-refractivity contribution in [2.75, 3.05) is 7.11 Å². The Labute approximate surface area is 86.3 Å². The smallest absolute Gasteiger partial charge is 0.264 e. The summed E-state index contributed by atoms with van der Waals surface area (Å²) in [7, 11) is 1.34. The lowest BCUT2D eigenvalue weighted by atomic mass is 10.0. The van der Waals surface area contributed by atoms with Gasteiger partial charge in [0.05, 0.1) is 19.6 Å². The van der Waals surface area contributed by atoms with Gasteiger partial charge in [-0.05, 0) is 12.5 Å². The average molecular weight is 212 g/mol. The molecule has 0 atom stereocenters.